The minimum atomic E-state index is -0.253. The van der Waals surface area contributed by atoms with E-state index in [1.165, 1.54) is 15.9 Å². The van der Waals surface area contributed by atoms with Crippen LogP contribution < -0.4 is 19.6 Å². The zero-order valence-electron chi connectivity index (χ0n) is 19.2. The summed E-state index contributed by atoms with van der Waals surface area (Å²) in [6.45, 7) is 4.04. The number of furan rings is 1. The first-order valence-corrected chi connectivity index (χ1v) is 12.1. The number of ether oxygens (including phenoxy) is 2. The van der Waals surface area contributed by atoms with Crippen LogP contribution in [-0.4, -0.2) is 28.3 Å². The van der Waals surface area contributed by atoms with Crippen LogP contribution in [0.15, 0.2) is 76.5 Å². The second-order valence-electron chi connectivity index (χ2n) is 7.63. The number of hydrogen-bond donors (Lipinski definition) is 0. The number of halogens is 1. The third kappa shape index (κ3) is 4.95. The second-order valence-corrected chi connectivity index (χ2v) is 9.08. The van der Waals surface area contributed by atoms with E-state index in [-0.39, 0.29) is 5.56 Å². The quantitative estimate of drug-likeness (QED) is 0.258. The number of nitrogens with zero attached hydrogens (tertiary/aromatic N) is 3. The molecule has 0 atom stereocenters. The third-order valence-corrected chi connectivity index (χ3v) is 6.41. The Hall–Kier alpha value is -4.14. The van der Waals surface area contributed by atoms with Gasteiger partial charge in [0, 0.05) is 16.7 Å². The maximum Gasteiger partial charge on any atom is 0.291 e. The van der Waals surface area contributed by atoms with Crippen molar-refractivity contribution in [2.45, 2.75) is 0 Å². The maximum absolute atomic E-state index is 12.9. The molecule has 0 unspecified atom stereocenters. The van der Waals surface area contributed by atoms with Gasteiger partial charge in [0.1, 0.15) is 22.7 Å². The molecule has 0 spiro atoms. The molecule has 0 radical (unpaired) electrons. The molecule has 0 N–H and O–H groups in total. The van der Waals surface area contributed by atoms with Crippen molar-refractivity contribution in [2.24, 2.45) is 0 Å². The fourth-order valence-corrected chi connectivity index (χ4v) is 4.50. The summed E-state index contributed by atoms with van der Waals surface area (Å²) in [5.41, 5.74) is 1.52. The Kier molecular flexibility index (Phi) is 6.71. The van der Waals surface area contributed by atoms with Gasteiger partial charge in [-0.05, 0) is 60.2 Å². The van der Waals surface area contributed by atoms with Crippen LogP contribution in [0, 0.1) is 0 Å². The number of aromatic nitrogens is 3. The monoisotopic (exact) mass is 517 g/mol. The SMILES string of the molecule is C=CCOc1ccc(/C=C/c2nc3s/c(=C\c4ccc(-c5ccc(Cl)cc5)o4)c(=O)n3n2)cc1OC. The Balaban J connectivity index is 1.37. The molecule has 5 rings (SSSR count). The van der Waals surface area contributed by atoms with Crippen molar-refractivity contribution in [1.29, 1.82) is 0 Å². The molecule has 0 fully saturated rings. The predicted octanol–water partition coefficient (Wildman–Crippen LogP) is 5.36. The van der Waals surface area contributed by atoms with Crippen molar-refractivity contribution in [3.63, 3.8) is 0 Å². The van der Waals surface area contributed by atoms with E-state index in [1.54, 1.807) is 37.5 Å². The van der Waals surface area contributed by atoms with Crippen LogP contribution in [0.2, 0.25) is 5.02 Å². The molecule has 0 saturated heterocycles. The molecule has 0 bridgehead atoms. The molecule has 0 aliphatic rings. The van der Waals surface area contributed by atoms with Gasteiger partial charge in [-0.15, -0.1) is 5.10 Å². The highest BCUT2D eigenvalue weighted by Crippen LogP contribution is 2.29. The minimum absolute atomic E-state index is 0.253. The number of methoxy groups -OCH3 is 1. The number of benzene rings is 2. The fourth-order valence-electron chi connectivity index (χ4n) is 3.47. The van der Waals surface area contributed by atoms with Gasteiger partial charge in [0.05, 0.1) is 7.11 Å². The number of hydrogen-bond acceptors (Lipinski definition) is 7. The Labute approximate surface area is 215 Å². The maximum atomic E-state index is 12.9. The van der Waals surface area contributed by atoms with E-state index in [0.717, 1.165) is 11.1 Å². The summed E-state index contributed by atoms with van der Waals surface area (Å²) in [6, 6.07) is 16.6. The van der Waals surface area contributed by atoms with Crippen LogP contribution in [0.25, 0.3) is 34.5 Å². The molecular weight excluding hydrogens is 498 g/mol. The summed E-state index contributed by atoms with van der Waals surface area (Å²) in [4.78, 5) is 17.8. The van der Waals surface area contributed by atoms with Gasteiger partial charge in [-0.3, -0.25) is 4.79 Å². The van der Waals surface area contributed by atoms with Gasteiger partial charge in [0.2, 0.25) is 4.96 Å². The smallest absolute Gasteiger partial charge is 0.291 e. The molecule has 2 aromatic carbocycles. The Morgan fingerprint density at radius 1 is 1.11 bits per heavy atom. The van der Waals surface area contributed by atoms with Gasteiger partial charge in [0.15, 0.2) is 17.3 Å². The van der Waals surface area contributed by atoms with E-state index in [2.05, 4.69) is 16.7 Å². The largest absolute Gasteiger partial charge is 0.493 e. The molecule has 9 heteroatoms. The summed E-state index contributed by atoms with van der Waals surface area (Å²) < 4.78 is 18.6. The molecule has 3 aromatic heterocycles. The molecule has 0 amide bonds. The molecule has 0 saturated carbocycles. The summed E-state index contributed by atoms with van der Waals surface area (Å²) in [6.07, 6.45) is 6.95. The average molecular weight is 518 g/mol. The van der Waals surface area contributed by atoms with Crippen molar-refractivity contribution in [2.75, 3.05) is 13.7 Å². The van der Waals surface area contributed by atoms with Gasteiger partial charge < -0.3 is 13.9 Å². The summed E-state index contributed by atoms with van der Waals surface area (Å²) >= 11 is 7.20. The van der Waals surface area contributed by atoms with Crippen molar-refractivity contribution in [1.82, 2.24) is 14.6 Å². The number of thiazole rings is 1. The van der Waals surface area contributed by atoms with Crippen LogP contribution in [-0.2, 0) is 0 Å². The zero-order valence-corrected chi connectivity index (χ0v) is 20.8. The second kappa shape index (κ2) is 10.2. The van der Waals surface area contributed by atoms with Crippen LogP contribution in [0.1, 0.15) is 17.1 Å². The van der Waals surface area contributed by atoms with Crippen molar-refractivity contribution >= 4 is 46.1 Å². The normalized spacial score (nSPS) is 12.0. The van der Waals surface area contributed by atoms with Crippen LogP contribution in [0.5, 0.6) is 11.5 Å². The van der Waals surface area contributed by atoms with Gasteiger partial charge in [-0.2, -0.15) is 9.50 Å². The van der Waals surface area contributed by atoms with Crippen LogP contribution in [0.4, 0.5) is 0 Å². The highest BCUT2D eigenvalue weighted by atomic mass is 35.5. The molecular formula is C27H20ClN3O4S. The van der Waals surface area contributed by atoms with Crippen LogP contribution in [0.3, 0.4) is 0 Å². The lowest BCUT2D eigenvalue weighted by Gasteiger charge is -2.09. The summed E-state index contributed by atoms with van der Waals surface area (Å²) in [7, 11) is 1.58. The van der Waals surface area contributed by atoms with E-state index in [9.17, 15) is 4.79 Å². The predicted molar refractivity (Wildman–Crippen MR) is 143 cm³/mol. The van der Waals surface area contributed by atoms with E-state index < -0.39 is 0 Å². The first-order valence-electron chi connectivity index (χ1n) is 10.9. The number of fused-ring (bicyclic) bond motifs is 1. The first kappa shape index (κ1) is 23.6. The third-order valence-electron chi connectivity index (χ3n) is 5.20. The van der Waals surface area contributed by atoms with Crippen molar-refractivity contribution in [3.05, 3.63) is 104 Å². The summed E-state index contributed by atoms with van der Waals surface area (Å²) in [5.74, 6) is 2.92. The highest BCUT2D eigenvalue weighted by Gasteiger charge is 2.11. The van der Waals surface area contributed by atoms with Gasteiger partial charge in [0.25, 0.3) is 5.56 Å². The standard InChI is InChI=1S/C27H20ClN3O4S/c1-3-14-34-22-11-4-17(15-23(22)33-2)5-13-25-29-27-31(30-25)26(32)24(36-27)16-20-10-12-21(35-20)18-6-8-19(28)9-7-18/h3-13,15-16H,1,14H2,2H3/b13-5+,24-16-. The van der Waals surface area contributed by atoms with E-state index in [1.807, 2.05) is 48.5 Å². The summed E-state index contributed by atoms with van der Waals surface area (Å²) in [5, 5.41) is 4.99. The average Bonchev–Trinajstić information content (AvgIpc) is 3.59. The van der Waals surface area contributed by atoms with E-state index >= 15 is 0 Å². The highest BCUT2D eigenvalue weighted by molar-refractivity contribution is 7.15. The van der Waals surface area contributed by atoms with Crippen LogP contribution >= 0.6 is 22.9 Å². The fraction of sp³-hybridized carbons (Fsp3) is 0.0741. The molecule has 7 nitrogen and oxygen atoms in total. The molecule has 36 heavy (non-hydrogen) atoms. The van der Waals surface area contributed by atoms with Crippen molar-refractivity contribution in [3.8, 4) is 22.8 Å². The Bertz CT molecular complexity index is 1680. The molecule has 180 valence electrons. The number of rotatable bonds is 8. The van der Waals surface area contributed by atoms with Gasteiger partial charge in [-0.25, -0.2) is 0 Å². The van der Waals surface area contributed by atoms with Crippen molar-refractivity contribution < 1.29 is 13.9 Å². The lowest BCUT2D eigenvalue weighted by atomic mass is 10.2. The van der Waals surface area contributed by atoms with E-state index in [0.29, 0.717) is 50.0 Å². The zero-order chi connectivity index (χ0) is 25.1. The van der Waals surface area contributed by atoms with Gasteiger partial charge in [-0.1, -0.05) is 47.7 Å². The first-order chi connectivity index (χ1) is 17.5. The lowest BCUT2D eigenvalue weighted by Crippen LogP contribution is -2.23. The molecule has 3 heterocycles. The minimum Gasteiger partial charge on any atom is -0.493 e. The topological polar surface area (TPSA) is 78.9 Å². The molecule has 0 aliphatic carbocycles. The Morgan fingerprint density at radius 3 is 2.69 bits per heavy atom. The Morgan fingerprint density at radius 2 is 1.94 bits per heavy atom. The lowest BCUT2D eigenvalue weighted by molar-refractivity contribution is 0.326. The van der Waals surface area contributed by atoms with Gasteiger partial charge >= 0.3 is 0 Å². The van der Waals surface area contributed by atoms with E-state index in [4.69, 9.17) is 25.5 Å². The molecule has 0 aliphatic heterocycles. The molecule has 5 aromatic rings.